The van der Waals surface area contributed by atoms with Crippen molar-refractivity contribution in [1.82, 2.24) is 0 Å². The second-order valence-electron chi connectivity index (χ2n) is 2.67. The first-order valence-electron chi connectivity index (χ1n) is 3.50. The molecule has 0 rings (SSSR count). The maximum atomic E-state index is 8.44. The van der Waals surface area contributed by atoms with Gasteiger partial charge in [-0.15, -0.1) is 0 Å². The Labute approximate surface area is 62.3 Å². The number of nitrogens with zero attached hydrogens (tertiary/aromatic N) is 1. The van der Waals surface area contributed by atoms with Crippen LogP contribution in [0.1, 0.15) is 20.3 Å². The zero-order valence-electron chi connectivity index (χ0n) is 6.59. The van der Waals surface area contributed by atoms with Gasteiger partial charge >= 0.3 is 0 Å². The van der Waals surface area contributed by atoms with E-state index in [0.29, 0.717) is 18.0 Å². The number of nitrogens with two attached hydrogens (primary N) is 1. The van der Waals surface area contributed by atoms with E-state index in [1.807, 2.05) is 12.1 Å². The smallest absolute Gasteiger partial charge is 0.0957 e. The van der Waals surface area contributed by atoms with Gasteiger partial charge in [0.15, 0.2) is 0 Å². The van der Waals surface area contributed by atoms with Crippen LogP contribution in [0.15, 0.2) is 11.6 Å². The lowest BCUT2D eigenvalue weighted by molar-refractivity contribution is 0.661. The minimum Gasteiger partial charge on any atom is -0.326 e. The number of nitriles is 1. The normalized spacial score (nSPS) is 11.7. The fourth-order valence-electron chi connectivity index (χ4n) is 0.553. The molecule has 0 aromatic heterocycles. The van der Waals surface area contributed by atoms with Crippen molar-refractivity contribution >= 4 is 0 Å². The van der Waals surface area contributed by atoms with Gasteiger partial charge in [-0.1, -0.05) is 19.9 Å². The van der Waals surface area contributed by atoms with Gasteiger partial charge in [-0.3, -0.25) is 0 Å². The molecular formula is C8H14N2. The van der Waals surface area contributed by atoms with Crippen molar-refractivity contribution in [2.75, 3.05) is 6.54 Å². The first-order valence-corrected chi connectivity index (χ1v) is 3.50. The van der Waals surface area contributed by atoms with E-state index in [2.05, 4.69) is 13.8 Å². The maximum absolute atomic E-state index is 8.44. The molecule has 2 nitrogen and oxygen atoms in total. The molecule has 0 heterocycles. The van der Waals surface area contributed by atoms with E-state index in [1.54, 1.807) is 0 Å². The molecule has 0 aliphatic carbocycles. The highest BCUT2D eigenvalue weighted by molar-refractivity contribution is 5.21. The van der Waals surface area contributed by atoms with E-state index in [9.17, 15) is 0 Å². The minimum atomic E-state index is 0.364. The summed E-state index contributed by atoms with van der Waals surface area (Å²) in [6, 6.07) is 2.04. The highest BCUT2D eigenvalue weighted by Gasteiger charge is 1.92. The molecule has 0 saturated carbocycles. The van der Waals surface area contributed by atoms with Gasteiger partial charge < -0.3 is 5.73 Å². The zero-order valence-corrected chi connectivity index (χ0v) is 6.59. The Balaban J connectivity index is 3.78. The summed E-state index contributed by atoms with van der Waals surface area (Å²) in [6.45, 7) is 4.59. The molecule has 0 fully saturated rings. The molecule has 0 aliphatic rings. The van der Waals surface area contributed by atoms with E-state index in [0.717, 1.165) is 6.42 Å². The maximum Gasteiger partial charge on any atom is 0.0957 e. The standard InChI is InChI=1S/C8H14N2/c1-7(2)3-4-8(5-9)6-10/h4,7H,3,5,9H2,1-2H3/b8-4-. The van der Waals surface area contributed by atoms with E-state index >= 15 is 0 Å². The van der Waals surface area contributed by atoms with Crippen LogP contribution in [-0.4, -0.2) is 6.54 Å². The van der Waals surface area contributed by atoms with Crippen LogP contribution in [0.2, 0.25) is 0 Å². The van der Waals surface area contributed by atoms with Crippen LogP contribution in [0, 0.1) is 17.2 Å². The molecule has 0 bridgehead atoms. The Hall–Kier alpha value is -0.810. The van der Waals surface area contributed by atoms with Crippen LogP contribution in [0.3, 0.4) is 0 Å². The third-order valence-electron chi connectivity index (χ3n) is 1.20. The van der Waals surface area contributed by atoms with Crippen molar-refractivity contribution in [3.8, 4) is 6.07 Å². The fraction of sp³-hybridized carbons (Fsp3) is 0.625. The molecule has 2 N–H and O–H groups in total. The molecular weight excluding hydrogens is 124 g/mol. The Morgan fingerprint density at radius 2 is 2.30 bits per heavy atom. The van der Waals surface area contributed by atoms with Crippen molar-refractivity contribution in [2.24, 2.45) is 11.7 Å². The molecule has 0 aromatic carbocycles. The Morgan fingerprint density at radius 3 is 2.60 bits per heavy atom. The molecule has 0 amide bonds. The first kappa shape index (κ1) is 9.19. The summed E-state index contributed by atoms with van der Waals surface area (Å²) in [5.74, 6) is 0.606. The quantitative estimate of drug-likeness (QED) is 0.600. The lowest BCUT2D eigenvalue weighted by Gasteiger charge is -1.97. The molecule has 0 radical (unpaired) electrons. The molecule has 0 unspecified atom stereocenters. The second kappa shape index (κ2) is 5.01. The Morgan fingerprint density at radius 1 is 1.70 bits per heavy atom. The highest BCUT2D eigenvalue weighted by atomic mass is 14.5. The van der Waals surface area contributed by atoms with Crippen LogP contribution in [-0.2, 0) is 0 Å². The number of hydrogen-bond acceptors (Lipinski definition) is 2. The van der Waals surface area contributed by atoms with Gasteiger partial charge in [-0.2, -0.15) is 5.26 Å². The Bertz CT molecular complexity index is 151. The molecule has 56 valence electrons. The van der Waals surface area contributed by atoms with Crippen LogP contribution in [0.5, 0.6) is 0 Å². The predicted molar refractivity (Wildman–Crippen MR) is 42.2 cm³/mol. The van der Waals surface area contributed by atoms with Crippen molar-refractivity contribution in [3.05, 3.63) is 11.6 Å². The van der Waals surface area contributed by atoms with Gasteiger partial charge in [0.1, 0.15) is 0 Å². The lowest BCUT2D eigenvalue weighted by Crippen LogP contribution is -2.01. The summed E-state index contributed by atoms with van der Waals surface area (Å²) in [5, 5.41) is 8.44. The molecule has 2 heteroatoms. The summed E-state index contributed by atoms with van der Waals surface area (Å²) in [7, 11) is 0. The van der Waals surface area contributed by atoms with Crippen molar-refractivity contribution in [1.29, 1.82) is 5.26 Å². The van der Waals surface area contributed by atoms with E-state index in [-0.39, 0.29) is 0 Å². The van der Waals surface area contributed by atoms with Crippen LogP contribution in [0.4, 0.5) is 0 Å². The molecule has 10 heavy (non-hydrogen) atoms. The molecule has 0 aliphatic heterocycles. The van der Waals surface area contributed by atoms with Crippen molar-refractivity contribution < 1.29 is 0 Å². The summed E-state index contributed by atoms with van der Waals surface area (Å²) in [6.07, 6.45) is 2.85. The summed E-state index contributed by atoms with van der Waals surface area (Å²) >= 11 is 0. The third-order valence-corrected chi connectivity index (χ3v) is 1.20. The number of allylic oxidation sites excluding steroid dienone is 1. The van der Waals surface area contributed by atoms with Crippen molar-refractivity contribution in [2.45, 2.75) is 20.3 Å². The van der Waals surface area contributed by atoms with Crippen LogP contribution in [0.25, 0.3) is 0 Å². The van der Waals surface area contributed by atoms with Crippen molar-refractivity contribution in [3.63, 3.8) is 0 Å². The van der Waals surface area contributed by atoms with Gasteiger partial charge in [0.05, 0.1) is 6.07 Å². The first-order chi connectivity index (χ1) is 4.70. The minimum absolute atomic E-state index is 0.364. The number of rotatable bonds is 3. The monoisotopic (exact) mass is 138 g/mol. The van der Waals surface area contributed by atoms with Gasteiger partial charge in [-0.05, 0) is 12.3 Å². The number of hydrogen-bond donors (Lipinski definition) is 1. The second-order valence-corrected chi connectivity index (χ2v) is 2.67. The summed E-state index contributed by atoms with van der Waals surface area (Å²) in [5.41, 5.74) is 5.97. The average Bonchev–Trinajstić information content (AvgIpc) is 1.90. The highest BCUT2D eigenvalue weighted by Crippen LogP contribution is 2.02. The van der Waals surface area contributed by atoms with E-state index < -0.39 is 0 Å². The van der Waals surface area contributed by atoms with Crippen LogP contribution < -0.4 is 5.73 Å². The largest absolute Gasteiger partial charge is 0.326 e. The van der Waals surface area contributed by atoms with Gasteiger partial charge in [0, 0.05) is 12.1 Å². The third kappa shape index (κ3) is 4.11. The van der Waals surface area contributed by atoms with Crippen LogP contribution >= 0.6 is 0 Å². The molecule has 0 aromatic rings. The van der Waals surface area contributed by atoms with Gasteiger partial charge in [0.2, 0.25) is 0 Å². The average molecular weight is 138 g/mol. The molecule has 0 saturated heterocycles. The van der Waals surface area contributed by atoms with Gasteiger partial charge in [0.25, 0.3) is 0 Å². The molecule has 0 atom stereocenters. The summed E-state index contributed by atoms with van der Waals surface area (Å²) < 4.78 is 0. The van der Waals surface area contributed by atoms with E-state index in [1.165, 1.54) is 0 Å². The zero-order chi connectivity index (χ0) is 7.98. The molecule has 0 spiro atoms. The Kier molecular flexibility index (Phi) is 4.61. The van der Waals surface area contributed by atoms with Gasteiger partial charge in [-0.25, -0.2) is 0 Å². The fourth-order valence-corrected chi connectivity index (χ4v) is 0.553. The topological polar surface area (TPSA) is 49.8 Å². The SMILES string of the molecule is CC(C)C/C=C(\C#N)CN. The van der Waals surface area contributed by atoms with E-state index in [4.69, 9.17) is 11.0 Å². The summed E-state index contributed by atoms with van der Waals surface area (Å²) in [4.78, 5) is 0. The predicted octanol–water partition coefficient (Wildman–Crippen LogP) is 1.44. The lowest BCUT2D eigenvalue weighted by atomic mass is 10.1.